The predicted molar refractivity (Wildman–Crippen MR) is 84.4 cm³/mol. The number of carbonyl (C=O) groups is 1. The van der Waals surface area contributed by atoms with Crippen LogP contribution in [0.1, 0.15) is 13.3 Å². The van der Waals surface area contributed by atoms with Gasteiger partial charge in [-0.2, -0.15) is 5.26 Å². The zero-order valence-corrected chi connectivity index (χ0v) is 12.9. The van der Waals surface area contributed by atoms with Gasteiger partial charge in [-0.15, -0.1) is 0 Å². The highest BCUT2D eigenvalue weighted by Gasteiger charge is 2.09. The third-order valence-electron chi connectivity index (χ3n) is 2.70. The second-order valence-electron chi connectivity index (χ2n) is 4.38. The topological polar surface area (TPSA) is 83.4 Å². The van der Waals surface area contributed by atoms with Crippen LogP contribution < -0.4 is 15.4 Å². The molecule has 1 amide bonds. The summed E-state index contributed by atoms with van der Waals surface area (Å²) in [4.78, 5) is 12.0. The van der Waals surface area contributed by atoms with Gasteiger partial charge in [-0.1, -0.05) is 0 Å². The number of anilines is 1. The van der Waals surface area contributed by atoms with Crippen LogP contribution in [0.5, 0.6) is 5.75 Å². The van der Waals surface area contributed by atoms with Crippen molar-refractivity contribution in [2.45, 2.75) is 13.3 Å². The molecule has 6 heteroatoms. The quantitative estimate of drug-likeness (QED) is 0.414. The summed E-state index contributed by atoms with van der Waals surface area (Å²) in [6.45, 7) is 3.75. The fourth-order valence-electron chi connectivity index (χ4n) is 1.64. The van der Waals surface area contributed by atoms with Gasteiger partial charge >= 0.3 is 0 Å². The molecule has 22 heavy (non-hydrogen) atoms. The van der Waals surface area contributed by atoms with Gasteiger partial charge in [0, 0.05) is 32.1 Å². The van der Waals surface area contributed by atoms with Gasteiger partial charge in [-0.05, 0) is 37.6 Å². The van der Waals surface area contributed by atoms with E-state index in [0.717, 1.165) is 12.2 Å². The second-order valence-corrected chi connectivity index (χ2v) is 4.38. The SMILES string of the molecule is CCOc1ccc(NC(=O)/C(C#N)=C\NCCCOC)cc1. The van der Waals surface area contributed by atoms with Crippen molar-refractivity contribution in [3.05, 3.63) is 36.0 Å². The lowest BCUT2D eigenvalue weighted by Gasteiger charge is -2.07. The number of nitrogens with one attached hydrogen (secondary N) is 2. The molecule has 0 saturated carbocycles. The van der Waals surface area contributed by atoms with E-state index in [2.05, 4.69) is 10.6 Å². The summed E-state index contributed by atoms with van der Waals surface area (Å²) >= 11 is 0. The Kier molecular flexibility index (Phi) is 8.16. The van der Waals surface area contributed by atoms with E-state index in [1.54, 1.807) is 31.4 Å². The van der Waals surface area contributed by atoms with E-state index in [4.69, 9.17) is 14.7 Å². The molecule has 0 radical (unpaired) electrons. The molecule has 0 aliphatic carbocycles. The Morgan fingerprint density at radius 2 is 2.09 bits per heavy atom. The van der Waals surface area contributed by atoms with Crippen molar-refractivity contribution in [1.29, 1.82) is 5.26 Å². The maximum Gasteiger partial charge on any atom is 0.267 e. The highest BCUT2D eigenvalue weighted by molar-refractivity contribution is 6.06. The molecule has 0 fully saturated rings. The fraction of sp³-hybridized carbons (Fsp3) is 0.375. The predicted octanol–water partition coefficient (Wildman–Crippen LogP) is 2.06. The fourth-order valence-corrected chi connectivity index (χ4v) is 1.64. The van der Waals surface area contributed by atoms with E-state index in [9.17, 15) is 4.79 Å². The molecular formula is C16H21N3O3. The van der Waals surface area contributed by atoms with Crippen LogP contribution in [0.2, 0.25) is 0 Å². The Balaban J connectivity index is 2.53. The van der Waals surface area contributed by atoms with Crippen LogP contribution in [0.4, 0.5) is 5.69 Å². The summed E-state index contributed by atoms with van der Waals surface area (Å²) < 4.78 is 10.2. The summed E-state index contributed by atoms with van der Waals surface area (Å²) in [5, 5.41) is 14.6. The molecule has 0 spiro atoms. The molecule has 0 atom stereocenters. The maximum atomic E-state index is 12.0. The zero-order chi connectivity index (χ0) is 16.2. The molecule has 0 aliphatic rings. The molecule has 1 rings (SSSR count). The van der Waals surface area contributed by atoms with Gasteiger partial charge in [0.1, 0.15) is 17.4 Å². The minimum absolute atomic E-state index is 0.0197. The molecule has 0 aromatic heterocycles. The highest BCUT2D eigenvalue weighted by atomic mass is 16.5. The number of benzene rings is 1. The van der Waals surface area contributed by atoms with Gasteiger partial charge < -0.3 is 20.1 Å². The molecule has 0 unspecified atom stereocenters. The van der Waals surface area contributed by atoms with Gasteiger partial charge in [0.2, 0.25) is 0 Å². The van der Waals surface area contributed by atoms with Gasteiger partial charge in [0.15, 0.2) is 0 Å². The first-order valence-electron chi connectivity index (χ1n) is 7.08. The normalized spacial score (nSPS) is 10.7. The van der Waals surface area contributed by atoms with Gasteiger partial charge in [-0.25, -0.2) is 0 Å². The van der Waals surface area contributed by atoms with Crippen LogP contribution in [0.15, 0.2) is 36.0 Å². The van der Waals surface area contributed by atoms with Gasteiger partial charge in [0.05, 0.1) is 6.61 Å². The molecular weight excluding hydrogens is 282 g/mol. The van der Waals surface area contributed by atoms with Crippen molar-refractivity contribution < 1.29 is 14.3 Å². The van der Waals surface area contributed by atoms with Crippen molar-refractivity contribution in [2.24, 2.45) is 0 Å². The largest absolute Gasteiger partial charge is 0.494 e. The summed E-state index contributed by atoms with van der Waals surface area (Å²) in [6.07, 6.45) is 2.21. The van der Waals surface area contributed by atoms with Crippen molar-refractivity contribution in [3.63, 3.8) is 0 Å². The molecule has 0 bridgehead atoms. The van der Waals surface area contributed by atoms with Crippen LogP contribution >= 0.6 is 0 Å². The van der Waals surface area contributed by atoms with Gasteiger partial charge in [-0.3, -0.25) is 4.79 Å². The smallest absolute Gasteiger partial charge is 0.267 e. The first kappa shape index (κ1) is 17.5. The summed E-state index contributed by atoms with van der Waals surface area (Å²) in [7, 11) is 1.63. The number of methoxy groups -OCH3 is 1. The van der Waals surface area contributed by atoms with E-state index in [0.29, 0.717) is 25.4 Å². The summed E-state index contributed by atoms with van der Waals surface area (Å²) in [6, 6.07) is 8.85. The molecule has 0 aliphatic heterocycles. The van der Waals surface area contributed by atoms with Crippen molar-refractivity contribution >= 4 is 11.6 Å². The van der Waals surface area contributed by atoms with Crippen LogP contribution in [0, 0.1) is 11.3 Å². The number of carbonyl (C=O) groups excluding carboxylic acids is 1. The Hall–Kier alpha value is -2.52. The molecule has 0 heterocycles. The summed E-state index contributed by atoms with van der Waals surface area (Å²) in [5.41, 5.74) is 0.625. The van der Waals surface area contributed by atoms with Crippen LogP contribution in [-0.2, 0) is 9.53 Å². The monoisotopic (exact) mass is 303 g/mol. The molecule has 118 valence electrons. The molecule has 1 aromatic rings. The number of rotatable bonds is 9. The van der Waals surface area contributed by atoms with Crippen molar-refractivity contribution in [1.82, 2.24) is 5.32 Å². The molecule has 1 aromatic carbocycles. The minimum Gasteiger partial charge on any atom is -0.494 e. The lowest BCUT2D eigenvalue weighted by Crippen LogP contribution is -2.17. The zero-order valence-electron chi connectivity index (χ0n) is 12.9. The Morgan fingerprint density at radius 1 is 1.36 bits per heavy atom. The average molecular weight is 303 g/mol. The minimum atomic E-state index is -0.453. The maximum absolute atomic E-state index is 12.0. The van der Waals surface area contributed by atoms with Crippen LogP contribution in [0.3, 0.4) is 0 Å². The van der Waals surface area contributed by atoms with Crippen molar-refractivity contribution in [2.75, 3.05) is 32.2 Å². The third kappa shape index (κ3) is 6.29. The number of nitriles is 1. The Labute approximate surface area is 130 Å². The molecule has 0 saturated heterocycles. The van der Waals surface area contributed by atoms with E-state index in [1.807, 2.05) is 13.0 Å². The average Bonchev–Trinajstić information content (AvgIpc) is 2.53. The van der Waals surface area contributed by atoms with Crippen LogP contribution in [-0.4, -0.2) is 32.8 Å². The Morgan fingerprint density at radius 3 is 2.68 bits per heavy atom. The molecule has 2 N–H and O–H groups in total. The van der Waals surface area contributed by atoms with Crippen molar-refractivity contribution in [3.8, 4) is 11.8 Å². The van der Waals surface area contributed by atoms with E-state index < -0.39 is 5.91 Å². The standard InChI is InChI=1S/C16H21N3O3/c1-3-22-15-7-5-14(6-8-15)19-16(20)13(11-17)12-18-9-4-10-21-2/h5-8,12,18H,3-4,9-10H2,1-2H3,(H,19,20)/b13-12-. The first-order valence-corrected chi connectivity index (χ1v) is 7.08. The van der Waals surface area contributed by atoms with E-state index in [1.165, 1.54) is 6.20 Å². The number of ether oxygens (including phenoxy) is 2. The number of nitrogens with zero attached hydrogens (tertiary/aromatic N) is 1. The third-order valence-corrected chi connectivity index (χ3v) is 2.70. The highest BCUT2D eigenvalue weighted by Crippen LogP contribution is 2.16. The lowest BCUT2D eigenvalue weighted by molar-refractivity contribution is -0.112. The Bertz CT molecular complexity index is 533. The summed E-state index contributed by atoms with van der Waals surface area (Å²) in [5.74, 6) is 0.280. The number of hydrogen-bond donors (Lipinski definition) is 2. The van der Waals surface area contributed by atoms with Crippen LogP contribution in [0.25, 0.3) is 0 Å². The first-order chi connectivity index (χ1) is 10.7. The van der Waals surface area contributed by atoms with E-state index >= 15 is 0 Å². The van der Waals surface area contributed by atoms with E-state index in [-0.39, 0.29) is 5.57 Å². The number of amides is 1. The van der Waals surface area contributed by atoms with Gasteiger partial charge in [0.25, 0.3) is 5.91 Å². The molecule has 6 nitrogen and oxygen atoms in total. The lowest BCUT2D eigenvalue weighted by atomic mass is 10.2. The number of hydrogen-bond acceptors (Lipinski definition) is 5. The second kappa shape index (κ2) is 10.2.